The Bertz CT molecular complexity index is 1570. The number of hydrogen-bond donors (Lipinski definition) is 3. The smallest absolute Gasteiger partial charge is 0.335 e. The fourth-order valence-corrected chi connectivity index (χ4v) is 3.65. The first-order valence-corrected chi connectivity index (χ1v) is 9.61. The van der Waals surface area contributed by atoms with Crippen molar-refractivity contribution in [2.24, 2.45) is 0 Å². The summed E-state index contributed by atoms with van der Waals surface area (Å²) >= 11 is 0. The maximum absolute atomic E-state index is 11.4. The van der Waals surface area contributed by atoms with Crippen LogP contribution in [0.15, 0.2) is 66.7 Å². The quantitative estimate of drug-likeness (QED) is 0.400. The van der Waals surface area contributed by atoms with E-state index in [2.05, 4.69) is 19.9 Å². The van der Waals surface area contributed by atoms with Crippen LogP contribution in [-0.2, 0) is 0 Å². The van der Waals surface area contributed by atoms with E-state index < -0.39 is 5.97 Å². The van der Waals surface area contributed by atoms with Crippen LogP contribution in [0.4, 0.5) is 0 Å². The standard InChI is InChI=1S/C23H14N6O2/c30-23(31)12-9-10-17-18(11-12)25-20(22-28-15-7-3-4-8-16(15)29-22)19(24-17)21-26-13-5-1-2-6-14(13)27-21/h1-11H,(H,26,27)(H,28,29)(H,30,31). The molecule has 0 aliphatic rings. The van der Waals surface area contributed by atoms with Gasteiger partial charge in [0.2, 0.25) is 0 Å². The summed E-state index contributed by atoms with van der Waals surface area (Å²) in [7, 11) is 0. The molecule has 3 heterocycles. The second-order valence-electron chi connectivity index (χ2n) is 7.13. The van der Waals surface area contributed by atoms with Crippen LogP contribution in [0.2, 0.25) is 0 Å². The third-order valence-electron chi connectivity index (χ3n) is 5.14. The predicted octanol–water partition coefficient (Wildman–Crippen LogP) is 4.41. The van der Waals surface area contributed by atoms with Crippen LogP contribution in [0.1, 0.15) is 10.4 Å². The molecule has 8 heteroatoms. The summed E-state index contributed by atoms with van der Waals surface area (Å²) in [6, 6.07) is 20.1. The molecule has 0 spiro atoms. The van der Waals surface area contributed by atoms with Gasteiger partial charge >= 0.3 is 5.97 Å². The minimum absolute atomic E-state index is 0.147. The molecule has 6 aromatic rings. The summed E-state index contributed by atoms with van der Waals surface area (Å²) in [4.78, 5) is 36.9. The zero-order valence-corrected chi connectivity index (χ0v) is 16.0. The van der Waals surface area contributed by atoms with Gasteiger partial charge in [-0.05, 0) is 42.5 Å². The van der Waals surface area contributed by atoms with E-state index in [4.69, 9.17) is 9.97 Å². The Morgan fingerprint density at radius 3 is 1.74 bits per heavy atom. The number of carboxylic acid groups (broad SMARTS) is 1. The second kappa shape index (κ2) is 6.46. The first-order chi connectivity index (χ1) is 15.2. The monoisotopic (exact) mass is 406 g/mol. The van der Waals surface area contributed by atoms with Crippen LogP contribution >= 0.6 is 0 Å². The summed E-state index contributed by atoms with van der Waals surface area (Å²) in [6.45, 7) is 0. The molecule has 8 nitrogen and oxygen atoms in total. The van der Waals surface area contributed by atoms with Gasteiger partial charge in [-0.3, -0.25) is 0 Å². The summed E-state index contributed by atoms with van der Waals surface area (Å²) < 4.78 is 0. The number of hydrogen-bond acceptors (Lipinski definition) is 5. The number of rotatable bonds is 3. The third kappa shape index (κ3) is 2.81. The average Bonchev–Trinajstić information content (AvgIpc) is 3.41. The lowest BCUT2D eigenvalue weighted by atomic mass is 10.1. The number of benzene rings is 3. The average molecular weight is 406 g/mol. The van der Waals surface area contributed by atoms with Crippen LogP contribution in [0.25, 0.3) is 56.1 Å². The van der Waals surface area contributed by atoms with Crippen molar-refractivity contribution in [3.05, 3.63) is 72.3 Å². The van der Waals surface area contributed by atoms with Gasteiger partial charge in [0.15, 0.2) is 11.6 Å². The molecule has 0 amide bonds. The molecule has 31 heavy (non-hydrogen) atoms. The SMILES string of the molecule is O=C(O)c1ccc2nc(-c3nc4ccccc4[nH]3)c(-c3nc4ccccc4[nH]3)nc2c1. The van der Waals surface area contributed by atoms with Crippen molar-refractivity contribution in [2.45, 2.75) is 0 Å². The van der Waals surface area contributed by atoms with Crippen LogP contribution < -0.4 is 0 Å². The molecule has 0 aliphatic carbocycles. The topological polar surface area (TPSA) is 120 Å². The van der Waals surface area contributed by atoms with E-state index in [0.29, 0.717) is 34.1 Å². The summed E-state index contributed by atoms with van der Waals surface area (Å²) in [5.74, 6) is 0.0792. The Labute approximate surface area is 174 Å². The van der Waals surface area contributed by atoms with Crippen LogP contribution in [0, 0.1) is 0 Å². The third-order valence-corrected chi connectivity index (χ3v) is 5.14. The molecule has 0 bridgehead atoms. The van der Waals surface area contributed by atoms with Crippen molar-refractivity contribution >= 4 is 39.1 Å². The van der Waals surface area contributed by atoms with Crippen LogP contribution in [-0.4, -0.2) is 41.0 Å². The highest BCUT2D eigenvalue weighted by atomic mass is 16.4. The number of carbonyl (C=O) groups is 1. The van der Waals surface area contributed by atoms with E-state index in [-0.39, 0.29) is 5.56 Å². The van der Waals surface area contributed by atoms with Crippen LogP contribution in [0.5, 0.6) is 0 Å². The molecular formula is C23H14N6O2. The first-order valence-electron chi connectivity index (χ1n) is 9.61. The molecule has 3 aromatic carbocycles. The minimum Gasteiger partial charge on any atom is -0.478 e. The highest BCUT2D eigenvalue weighted by molar-refractivity contribution is 5.94. The molecule has 0 unspecified atom stereocenters. The molecule has 0 fully saturated rings. The zero-order valence-electron chi connectivity index (χ0n) is 16.0. The molecule has 6 rings (SSSR count). The largest absolute Gasteiger partial charge is 0.478 e. The van der Waals surface area contributed by atoms with Crippen molar-refractivity contribution in [3.63, 3.8) is 0 Å². The van der Waals surface area contributed by atoms with Gasteiger partial charge in [-0.25, -0.2) is 24.7 Å². The van der Waals surface area contributed by atoms with Gasteiger partial charge in [0.25, 0.3) is 0 Å². The Morgan fingerprint density at radius 1 is 0.645 bits per heavy atom. The van der Waals surface area contributed by atoms with Crippen molar-refractivity contribution in [2.75, 3.05) is 0 Å². The molecule has 0 aliphatic heterocycles. The number of carboxylic acids is 1. The maximum Gasteiger partial charge on any atom is 0.335 e. The molecule has 148 valence electrons. The lowest BCUT2D eigenvalue weighted by molar-refractivity contribution is 0.0697. The van der Waals surface area contributed by atoms with E-state index in [1.807, 2.05) is 48.5 Å². The first kappa shape index (κ1) is 17.3. The molecule has 0 saturated carbocycles. The van der Waals surface area contributed by atoms with Gasteiger partial charge in [0.05, 0.1) is 38.7 Å². The number of nitrogens with one attached hydrogen (secondary N) is 2. The Balaban J connectivity index is 1.65. The predicted molar refractivity (Wildman–Crippen MR) is 117 cm³/mol. The van der Waals surface area contributed by atoms with Gasteiger partial charge in [0.1, 0.15) is 11.4 Å². The molecule has 0 radical (unpaired) electrons. The minimum atomic E-state index is -1.02. The van der Waals surface area contributed by atoms with E-state index >= 15 is 0 Å². The number of fused-ring (bicyclic) bond motifs is 3. The summed E-state index contributed by atoms with van der Waals surface area (Å²) in [5, 5.41) is 9.36. The molecule has 0 atom stereocenters. The fraction of sp³-hybridized carbons (Fsp3) is 0. The number of H-pyrrole nitrogens is 2. The zero-order chi connectivity index (χ0) is 20.9. The Hall–Kier alpha value is -4.59. The number of aromatic amines is 2. The van der Waals surface area contributed by atoms with Crippen molar-refractivity contribution in [1.29, 1.82) is 0 Å². The summed E-state index contributed by atoms with van der Waals surface area (Å²) in [5.41, 5.74) is 5.58. The maximum atomic E-state index is 11.4. The van der Waals surface area contributed by atoms with Crippen molar-refractivity contribution in [3.8, 4) is 23.0 Å². The van der Waals surface area contributed by atoms with Gasteiger partial charge in [-0.2, -0.15) is 0 Å². The van der Waals surface area contributed by atoms with E-state index in [1.54, 1.807) is 6.07 Å². The van der Waals surface area contributed by atoms with E-state index in [9.17, 15) is 9.90 Å². The lowest BCUT2D eigenvalue weighted by Gasteiger charge is -2.07. The Kier molecular flexibility index (Phi) is 3.60. The van der Waals surface area contributed by atoms with E-state index in [0.717, 1.165) is 22.1 Å². The summed E-state index contributed by atoms with van der Waals surface area (Å²) in [6.07, 6.45) is 0. The van der Waals surface area contributed by atoms with Crippen molar-refractivity contribution < 1.29 is 9.90 Å². The van der Waals surface area contributed by atoms with Crippen molar-refractivity contribution in [1.82, 2.24) is 29.9 Å². The number of aromatic nitrogens is 6. The number of nitrogens with zero attached hydrogens (tertiary/aromatic N) is 4. The van der Waals surface area contributed by atoms with Gasteiger partial charge < -0.3 is 15.1 Å². The molecule has 3 N–H and O–H groups in total. The highest BCUT2D eigenvalue weighted by Crippen LogP contribution is 2.30. The number of para-hydroxylation sites is 4. The molecule has 0 saturated heterocycles. The van der Waals surface area contributed by atoms with Gasteiger partial charge in [-0.1, -0.05) is 24.3 Å². The van der Waals surface area contributed by atoms with Crippen LogP contribution in [0.3, 0.4) is 0 Å². The number of imidazole rings is 2. The second-order valence-corrected chi connectivity index (χ2v) is 7.13. The van der Waals surface area contributed by atoms with Gasteiger partial charge in [0, 0.05) is 0 Å². The molecule has 3 aromatic heterocycles. The molecular weight excluding hydrogens is 392 g/mol. The Morgan fingerprint density at radius 2 is 1.19 bits per heavy atom. The highest BCUT2D eigenvalue weighted by Gasteiger charge is 2.20. The lowest BCUT2D eigenvalue weighted by Crippen LogP contribution is -2.00. The fourth-order valence-electron chi connectivity index (χ4n) is 3.65. The van der Waals surface area contributed by atoms with E-state index in [1.165, 1.54) is 12.1 Å². The normalized spacial score (nSPS) is 11.5. The number of aromatic carboxylic acids is 1. The van der Waals surface area contributed by atoms with Gasteiger partial charge in [-0.15, -0.1) is 0 Å².